The van der Waals surface area contributed by atoms with Crippen molar-refractivity contribution in [2.45, 2.75) is 19.4 Å². The van der Waals surface area contributed by atoms with Crippen molar-refractivity contribution in [3.8, 4) is 11.6 Å². The van der Waals surface area contributed by atoms with E-state index in [1.165, 1.54) is 11.3 Å². The zero-order valence-corrected chi connectivity index (χ0v) is 17.6. The number of hydrogen-bond donors (Lipinski definition) is 2. The average Bonchev–Trinajstić information content (AvgIpc) is 3.29. The number of nitrogens with zero attached hydrogens (tertiary/aromatic N) is 5. The fourth-order valence-electron chi connectivity index (χ4n) is 3.84. The molecule has 0 amide bonds. The Morgan fingerprint density at radius 2 is 2.03 bits per heavy atom. The fourth-order valence-corrected chi connectivity index (χ4v) is 4.98. The first-order valence-corrected chi connectivity index (χ1v) is 10.7. The molecule has 1 saturated heterocycles. The molecule has 2 N–H and O–H groups in total. The minimum absolute atomic E-state index is 0.111. The second-order valence-corrected chi connectivity index (χ2v) is 8.16. The van der Waals surface area contributed by atoms with Crippen LogP contribution in [0.2, 0.25) is 0 Å². The molecule has 9 heteroatoms. The number of fused-ring (bicyclic) bond motifs is 1. The lowest BCUT2D eigenvalue weighted by atomic mass is 10.0. The third kappa shape index (κ3) is 3.95. The van der Waals surface area contributed by atoms with Gasteiger partial charge in [0.15, 0.2) is 5.82 Å². The van der Waals surface area contributed by atoms with Crippen LogP contribution in [0.15, 0.2) is 24.3 Å². The van der Waals surface area contributed by atoms with E-state index in [0.717, 1.165) is 54.6 Å². The third-order valence-electron chi connectivity index (χ3n) is 5.41. The fraction of sp³-hybridized carbons (Fsp3) is 0.500. The molecule has 3 heterocycles. The first-order valence-electron chi connectivity index (χ1n) is 9.93. The average molecular weight is 418 g/mol. The molecule has 3 aromatic rings. The van der Waals surface area contributed by atoms with E-state index in [0.29, 0.717) is 11.5 Å². The van der Waals surface area contributed by atoms with Crippen LogP contribution in [0.5, 0.6) is 11.6 Å². The first kappa shape index (κ1) is 20.1. The molecule has 0 radical (unpaired) electrons. The Morgan fingerprint density at radius 3 is 2.69 bits per heavy atom. The molecule has 0 aliphatic carbocycles. The van der Waals surface area contributed by atoms with Crippen molar-refractivity contribution in [1.29, 1.82) is 0 Å². The topological polar surface area (TPSA) is 86.4 Å². The summed E-state index contributed by atoms with van der Waals surface area (Å²) in [6.45, 7) is 6.31. The van der Waals surface area contributed by atoms with Crippen LogP contribution in [0.3, 0.4) is 0 Å². The van der Waals surface area contributed by atoms with Gasteiger partial charge in [-0.05, 0) is 17.7 Å². The van der Waals surface area contributed by atoms with E-state index in [-0.39, 0.29) is 18.5 Å². The summed E-state index contributed by atoms with van der Waals surface area (Å²) in [5.41, 5.74) is 1.07. The number of hydrogen-bond acceptors (Lipinski definition) is 8. The summed E-state index contributed by atoms with van der Waals surface area (Å²) in [6, 6.07) is 7.89. The molecule has 29 heavy (non-hydrogen) atoms. The Bertz CT molecular complexity index is 964. The number of β-amino-alcohol motifs (C(OH)–C–C–N with tert-alkyl or cyclic N) is 1. The summed E-state index contributed by atoms with van der Waals surface area (Å²) in [5, 5.41) is 24.6. The van der Waals surface area contributed by atoms with Gasteiger partial charge < -0.3 is 14.9 Å². The highest BCUT2D eigenvalue weighted by molar-refractivity contribution is 7.17. The van der Waals surface area contributed by atoms with Gasteiger partial charge in [-0.25, -0.2) is 4.98 Å². The van der Waals surface area contributed by atoms with Gasteiger partial charge in [0, 0.05) is 39.1 Å². The van der Waals surface area contributed by atoms with Crippen molar-refractivity contribution in [3.63, 3.8) is 0 Å². The molecule has 156 valence electrons. The smallest absolute Gasteiger partial charge is 0.230 e. The maximum atomic E-state index is 11.0. The van der Waals surface area contributed by atoms with Crippen molar-refractivity contribution in [2.24, 2.45) is 0 Å². The Balaban J connectivity index is 1.72. The Morgan fingerprint density at radius 1 is 1.24 bits per heavy atom. The predicted molar refractivity (Wildman–Crippen MR) is 112 cm³/mol. The summed E-state index contributed by atoms with van der Waals surface area (Å²) in [5.74, 6) is 1.68. The highest BCUT2D eigenvalue weighted by Crippen LogP contribution is 2.40. The minimum Gasteiger partial charge on any atom is -0.497 e. The lowest BCUT2D eigenvalue weighted by Crippen LogP contribution is -2.48. The minimum atomic E-state index is -0.111. The van der Waals surface area contributed by atoms with Crippen LogP contribution in [-0.4, -0.2) is 81.1 Å². The van der Waals surface area contributed by atoms with Gasteiger partial charge in [-0.1, -0.05) is 30.4 Å². The van der Waals surface area contributed by atoms with Gasteiger partial charge in [-0.3, -0.25) is 9.80 Å². The van der Waals surface area contributed by atoms with E-state index in [4.69, 9.17) is 4.74 Å². The summed E-state index contributed by atoms with van der Waals surface area (Å²) in [4.78, 5) is 10.7. The van der Waals surface area contributed by atoms with Crippen molar-refractivity contribution < 1.29 is 14.9 Å². The maximum Gasteiger partial charge on any atom is 0.230 e. The molecule has 0 bridgehead atoms. The number of aliphatic hydroxyl groups is 1. The summed E-state index contributed by atoms with van der Waals surface area (Å²) in [6.07, 6.45) is 0.731. The molecule has 0 spiro atoms. The van der Waals surface area contributed by atoms with Gasteiger partial charge in [0.05, 0.1) is 24.6 Å². The SMILES string of the molecule is CCc1nc2sc([C@@H](c3cccc(OC)c3)N3CCN(CCO)CC3)c(O)n2n1. The van der Waals surface area contributed by atoms with E-state index in [1.807, 2.05) is 25.1 Å². The number of aromatic hydroxyl groups is 1. The normalized spacial score (nSPS) is 17.1. The number of methoxy groups -OCH3 is 1. The summed E-state index contributed by atoms with van der Waals surface area (Å²) < 4.78 is 6.99. The molecule has 8 nitrogen and oxygen atoms in total. The number of aliphatic hydroxyl groups excluding tert-OH is 1. The highest BCUT2D eigenvalue weighted by atomic mass is 32.1. The largest absolute Gasteiger partial charge is 0.497 e. The molecule has 1 aliphatic heterocycles. The van der Waals surface area contributed by atoms with Crippen molar-refractivity contribution >= 4 is 16.3 Å². The standard InChI is InChI=1S/C20H27N5O3S/c1-3-16-21-20-25(22-16)19(27)18(29-20)17(14-5-4-6-15(13-14)28-2)24-9-7-23(8-10-24)11-12-26/h4-6,13,17,26-27H,3,7-12H2,1-2H3/t17-/m1/s1. The molecular formula is C20H27N5O3S. The molecule has 0 unspecified atom stereocenters. The number of piperazine rings is 1. The Hall–Kier alpha value is -2.20. The lowest BCUT2D eigenvalue weighted by molar-refractivity contribution is 0.0945. The monoisotopic (exact) mass is 417 g/mol. The van der Waals surface area contributed by atoms with Gasteiger partial charge >= 0.3 is 0 Å². The van der Waals surface area contributed by atoms with Crippen LogP contribution in [0.4, 0.5) is 0 Å². The van der Waals surface area contributed by atoms with Crippen LogP contribution in [-0.2, 0) is 6.42 Å². The number of thiazole rings is 1. The quantitative estimate of drug-likeness (QED) is 0.606. The second kappa shape index (κ2) is 8.66. The van der Waals surface area contributed by atoms with E-state index in [9.17, 15) is 10.2 Å². The third-order valence-corrected chi connectivity index (χ3v) is 6.48. The number of benzene rings is 1. The number of aromatic nitrogens is 3. The van der Waals surface area contributed by atoms with E-state index in [2.05, 4.69) is 25.9 Å². The molecule has 1 atom stereocenters. The van der Waals surface area contributed by atoms with Crippen LogP contribution >= 0.6 is 11.3 Å². The van der Waals surface area contributed by atoms with Crippen molar-refractivity contribution in [2.75, 3.05) is 46.4 Å². The number of rotatable bonds is 7. The first-order chi connectivity index (χ1) is 14.1. The molecule has 0 saturated carbocycles. The Kier molecular flexibility index (Phi) is 6.00. The zero-order valence-electron chi connectivity index (χ0n) is 16.8. The Labute approximate surface area is 174 Å². The molecular weight excluding hydrogens is 390 g/mol. The van der Waals surface area contributed by atoms with Crippen molar-refractivity contribution in [3.05, 3.63) is 40.5 Å². The van der Waals surface area contributed by atoms with Crippen LogP contribution < -0.4 is 4.74 Å². The predicted octanol–water partition coefficient (Wildman–Crippen LogP) is 1.77. The van der Waals surface area contributed by atoms with Crippen molar-refractivity contribution in [1.82, 2.24) is 24.4 Å². The van der Waals surface area contributed by atoms with E-state index < -0.39 is 0 Å². The van der Waals surface area contributed by atoms with Crippen LogP contribution in [0.1, 0.15) is 29.2 Å². The summed E-state index contributed by atoms with van der Waals surface area (Å²) in [7, 11) is 1.66. The highest BCUT2D eigenvalue weighted by Gasteiger charge is 2.31. The van der Waals surface area contributed by atoms with Gasteiger partial charge in [-0.2, -0.15) is 4.52 Å². The molecule has 4 rings (SSSR count). The number of ether oxygens (including phenoxy) is 1. The number of aryl methyl sites for hydroxylation is 1. The lowest BCUT2D eigenvalue weighted by Gasteiger charge is -2.39. The molecule has 2 aromatic heterocycles. The molecule has 1 aliphatic rings. The van der Waals surface area contributed by atoms with Crippen LogP contribution in [0.25, 0.3) is 4.96 Å². The molecule has 1 fully saturated rings. The van der Waals surface area contributed by atoms with Gasteiger partial charge in [-0.15, -0.1) is 5.10 Å². The van der Waals surface area contributed by atoms with Crippen LogP contribution in [0, 0.1) is 0 Å². The van der Waals surface area contributed by atoms with Gasteiger partial charge in [0.1, 0.15) is 5.75 Å². The second-order valence-electron chi connectivity index (χ2n) is 7.15. The van der Waals surface area contributed by atoms with E-state index in [1.54, 1.807) is 11.6 Å². The maximum absolute atomic E-state index is 11.0. The zero-order chi connectivity index (χ0) is 20.4. The van der Waals surface area contributed by atoms with Gasteiger partial charge in [0.2, 0.25) is 10.8 Å². The van der Waals surface area contributed by atoms with E-state index >= 15 is 0 Å². The van der Waals surface area contributed by atoms with Gasteiger partial charge in [0.25, 0.3) is 0 Å². The summed E-state index contributed by atoms with van der Waals surface area (Å²) >= 11 is 1.48. The molecule has 1 aromatic carbocycles.